The van der Waals surface area contributed by atoms with Crippen molar-refractivity contribution in [3.05, 3.63) is 12.2 Å². The molecule has 0 saturated heterocycles. The van der Waals surface area contributed by atoms with Gasteiger partial charge in [-0.2, -0.15) is 0 Å². The van der Waals surface area contributed by atoms with E-state index in [0.29, 0.717) is 6.42 Å². The predicted octanol–water partition coefficient (Wildman–Crippen LogP) is 1.46. The van der Waals surface area contributed by atoms with Crippen molar-refractivity contribution in [3.63, 3.8) is 0 Å². The van der Waals surface area contributed by atoms with Gasteiger partial charge in [0.2, 0.25) is 5.91 Å². The van der Waals surface area contributed by atoms with Crippen molar-refractivity contribution in [3.8, 4) is 0 Å². The fraction of sp³-hybridized carbons (Fsp3) is 0.815. The van der Waals surface area contributed by atoms with Gasteiger partial charge in [-0.3, -0.25) is 14.4 Å². The number of esters is 1. The maximum Gasteiger partial charge on any atom is 0.308 e. The quantitative estimate of drug-likeness (QED) is 0.129. The van der Waals surface area contributed by atoms with Gasteiger partial charge in [0.15, 0.2) is 6.10 Å². The molecule has 1 aliphatic rings. The summed E-state index contributed by atoms with van der Waals surface area (Å²) in [6, 6.07) is -0.936. The minimum absolute atomic E-state index is 0.0367. The second kappa shape index (κ2) is 16.1. The molecule has 1 aliphatic carbocycles. The van der Waals surface area contributed by atoms with Gasteiger partial charge in [0, 0.05) is 7.11 Å². The van der Waals surface area contributed by atoms with Gasteiger partial charge in [-0.05, 0) is 30.6 Å². The summed E-state index contributed by atoms with van der Waals surface area (Å²) in [6.45, 7) is 9.64. The molecule has 0 aromatic carbocycles. The Morgan fingerprint density at radius 1 is 1.00 bits per heavy atom. The molecule has 5 atom stereocenters. The van der Waals surface area contributed by atoms with Crippen molar-refractivity contribution in [2.45, 2.75) is 104 Å². The highest BCUT2D eigenvalue weighted by atomic mass is 16.5. The third-order valence-electron chi connectivity index (χ3n) is 6.24. The second-order valence-corrected chi connectivity index (χ2v) is 11.3. The molecule has 10 nitrogen and oxygen atoms in total. The Hall–Kier alpha value is -2.01. The molecule has 0 aromatic rings. The first-order valence-electron chi connectivity index (χ1n) is 13.3. The van der Waals surface area contributed by atoms with E-state index in [-0.39, 0.29) is 36.4 Å². The molecule has 1 saturated carbocycles. The zero-order valence-electron chi connectivity index (χ0n) is 23.2. The molecule has 214 valence electrons. The molecule has 5 N–H and O–H groups in total. The van der Waals surface area contributed by atoms with Crippen LogP contribution in [0.1, 0.15) is 73.1 Å². The first-order valence-corrected chi connectivity index (χ1v) is 13.3. The maximum atomic E-state index is 12.9. The second-order valence-electron chi connectivity index (χ2n) is 11.3. The van der Waals surface area contributed by atoms with Gasteiger partial charge in [0.25, 0.3) is 5.91 Å². The van der Waals surface area contributed by atoms with Crippen LogP contribution < -0.4 is 10.6 Å². The third kappa shape index (κ3) is 12.4. The number of aliphatic hydroxyl groups excluding tert-OH is 3. The maximum absolute atomic E-state index is 12.9. The lowest BCUT2D eigenvalue weighted by molar-refractivity contribution is -0.151. The Morgan fingerprint density at radius 2 is 1.62 bits per heavy atom. The molecule has 1 rings (SSSR count). The largest absolute Gasteiger partial charge is 0.464 e. The number of carbonyl (C=O) groups excluding carboxylic acids is 3. The molecule has 0 bridgehead atoms. The highest BCUT2D eigenvalue weighted by molar-refractivity contribution is 5.89. The minimum Gasteiger partial charge on any atom is -0.464 e. The van der Waals surface area contributed by atoms with E-state index in [1.807, 2.05) is 34.6 Å². The van der Waals surface area contributed by atoms with E-state index < -0.39 is 42.3 Å². The highest BCUT2D eigenvalue weighted by Gasteiger charge is 2.37. The van der Waals surface area contributed by atoms with Gasteiger partial charge in [-0.1, -0.05) is 66.0 Å². The molecule has 0 spiro atoms. The minimum atomic E-state index is -1.74. The summed E-state index contributed by atoms with van der Waals surface area (Å²) in [7, 11) is 1.19. The van der Waals surface area contributed by atoms with Crippen LogP contribution in [0.2, 0.25) is 0 Å². The van der Waals surface area contributed by atoms with Gasteiger partial charge < -0.3 is 35.4 Å². The number of nitrogens with one attached hydrogen (secondary N) is 2. The van der Waals surface area contributed by atoms with E-state index in [1.54, 1.807) is 6.08 Å². The van der Waals surface area contributed by atoms with E-state index in [0.717, 1.165) is 32.1 Å². The van der Waals surface area contributed by atoms with Crippen molar-refractivity contribution in [2.75, 3.05) is 20.3 Å². The number of allylic oxidation sites excluding steroid dienone is 1. The fourth-order valence-electron chi connectivity index (χ4n) is 4.15. The molecular weight excluding hydrogens is 480 g/mol. The predicted molar refractivity (Wildman–Crippen MR) is 139 cm³/mol. The number of methoxy groups -OCH3 is 1. The van der Waals surface area contributed by atoms with Gasteiger partial charge >= 0.3 is 5.97 Å². The number of aliphatic hydroxyl groups is 3. The summed E-state index contributed by atoms with van der Waals surface area (Å²) >= 11 is 0. The molecule has 0 aromatic heterocycles. The van der Waals surface area contributed by atoms with E-state index in [2.05, 4.69) is 10.6 Å². The van der Waals surface area contributed by atoms with Crippen LogP contribution in [0.5, 0.6) is 0 Å². The van der Waals surface area contributed by atoms with Crippen molar-refractivity contribution >= 4 is 17.8 Å². The van der Waals surface area contributed by atoms with Crippen molar-refractivity contribution in [2.24, 2.45) is 17.3 Å². The molecule has 0 aliphatic heterocycles. The van der Waals surface area contributed by atoms with Crippen LogP contribution in [0.4, 0.5) is 0 Å². The zero-order chi connectivity index (χ0) is 28.2. The fourth-order valence-corrected chi connectivity index (χ4v) is 4.15. The standard InChI is InChI=1S/C27H48N2O8/c1-17(2)16-19(24(33)28-14-15-37-26(35)18-10-8-7-9-11-18)29-25(34)23(36-6)22(32)21(31)20(30)12-13-27(3,4)5/h12-13,17-23,30-32H,7-11,14-16H2,1-6H3,(H,28,33)(H,29,34)/b13-12+/t19-,20+,21-,22+,23+/m0/s1. The lowest BCUT2D eigenvalue weighted by atomic mass is 9.89. The van der Waals surface area contributed by atoms with E-state index in [1.165, 1.54) is 13.2 Å². The first-order chi connectivity index (χ1) is 17.3. The van der Waals surface area contributed by atoms with Crippen LogP contribution in [0.25, 0.3) is 0 Å². The highest BCUT2D eigenvalue weighted by Crippen LogP contribution is 2.24. The molecule has 0 unspecified atom stereocenters. The SMILES string of the molecule is CO[C@@H](C(=O)N[C@@H](CC(C)C)C(=O)NCCOC(=O)C1CCCCC1)[C@H](O)[C@@H](O)[C@H](O)/C=C/C(C)(C)C. The van der Waals surface area contributed by atoms with Crippen LogP contribution in [0.3, 0.4) is 0 Å². The van der Waals surface area contributed by atoms with Crippen LogP contribution in [-0.4, -0.2) is 83.8 Å². The lowest BCUT2D eigenvalue weighted by Crippen LogP contribution is -2.56. The molecule has 0 radical (unpaired) electrons. The Labute approximate surface area is 221 Å². The number of carbonyl (C=O) groups is 3. The Bertz CT molecular complexity index is 743. The molecule has 1 fully saturated rings. The van der Waals surface area contributed by atoms with Crippen LogP contribution in [-0.2, 0) is 23.9 Å². The van der Waals surface area contributed by atoms with Crippen LogP contribution in [0.15, 0.2) is 12.2 Å². The van der Waals surface area contributed by atoms with Gasteiger partial charge in [0.05, 0.1) is 12.5 Å². The third-order valence-corrected chi connectivity index (χ3v) is 6.24. The molecule has 10 heteroatoms. The average molecular weight is 529 g/mol. The smallest absolute Gasteiger partial charge is 0.308 e. The number of hydrogen-bond donors (Lipinski definition) is 5. The lowest BCUT2D eigenvalue weighted by Gasteiger charge is -2.29. The van der Waals surface area contributed by atoms with Gasteiger partial charge in [-0.15, -0.1) is 0 Å². The zero-order valence-corrected chi connectivity index (χ0v) is 23.2. The van der Waals surface area contributed by atoms with E-state index >= 15 is 0 Å². The van der Waals surface area contributed by atoms with Gasteiger partial charge in [0.1, 0.15) is 31.0 Å². The number of hydrogen-bond acceptors (Lipinski definition) is 8. The summed E-state index contributed by atoms with van der Waals surface area (Å²) in [5.41, 5.74) is -0.255. The Morgan fingerprint density at radius 3 is 2.16 bits per heavy atom. The van der Waals surface area contributed by atoms with E-state index in [4.69, 9.17) is 9.47 Å². The number of rotatable bonds is 14. The Kier molecular flexibility index (Phi) is 14.3. The molecule has 37 heavy (non-hydrogen) atoms. The summed E-state index contributed by atoms with van der Waals surface area (Å²) < 4.78 is 10.4. The number of amides is 2. The van der Waals surface area contributed by atoms with Gasteiger partial charge in [-0.25, -0.2) is 0 Å². The average Bonchev–Trinajstić information content (AvgIpc) is 2.84. The molecule has 2 amide bonds. The molecule has 0 heterocycles. The normalized spacial score (nSPS) is 19.2. The summed E-state index contributed by atoms with van der Waals surface area (Å²) in [5.74, 6) is -1.52. The van der Waals surface area contributed by atoms with Crippen molar-refractivity contribution in [1.82, 2.24) is 10.6 Å². The van der Waals surface area contributed by atoms with Crippen molar-refractivity contribution in [1.29, 1.82) is 0 Å². The van der Waals surface area contributed by atoms with Crippen molar-refractivity contribution < 1.29 is 39.2 Å². The number of ether oxygens (including phenoxy) is 2. The first kappa shape index (κ1) is 33.0. The monoisotopic (exact) mass is 528 g/mol. The van der Waals surface area contributed by atoms with E-state index in [9.17, 15) is 29.7 Å². The van der Waals surface area contributed by atoms with Crippen LogP contribution >= 0.6 is 0 Å². The molecular formula is C27H48N2O8. The summed E-state index contributed by atoms with van der Waals surface area (Å²) in [4.78, 5) is 37.8. The van der Waals surface area contributed by atoms with Crippen LogP contribution in [0, 0.1) is 17.3 Å². The summed E-state index contributed by atoms with van der Waals surface area (Å²) in [5, 5.41) is 36.4. The Balaban J connectivity index is 2.69. The summed E-state index contributed by atoms with van der Waals surface area (Å²) in [6.07, 6.45) is 1.82. The topological polar surface area (TPSA) is 154 Å².